The molecule has 2 aliphatic heterocycles. The van der Waals surface area contributed by atoms with Gasteiger partial charge in [0.1, 0.15) is 5.65 Å². The summed E-state index contributed by atoms with van der Waals surface area (Å²) in [6.07, 6.45) is 9.26. The molecule has 250 valence electrons. The predicted molar refractivity (Wildman–Crippen MR) is 191 cm³/mol. The Morgan fingerprint density at radius 1 is 1.17 bits per heavy atom. The Hall–Kier alpha value is -3.48. The standard InChI is InChI=1S/C36H48N8O2S/c1-24(37)7-6-17-43-22-30(46-23-25-8-3-2-4-9-25)20-33(43)32-19-27-21-44(36(45)42-34(27)41-32)29-14-12-26(13-15-29)31-11-5-10-28(40-31)16-18-47-35(38)39/h2-4,8-9,12-15,19,21,24,28,30-31,33,40H,5-7,10-11,16-18,20,22-23,37H2,1H3,(H3,38,39)(H,41,42,45)/t24-,28+,30-,31+,33?/m1/s1. The van der Waals surface area contributed by atoms with Crippen LogP contribution >= 0.6 is 11.8 Å². The first-order valence-electron chi connectivity index (χ1n) is 16.9. The van der Waals surface area contributed by atoms with E-state index in [1.165, 1.54) is 22.9 Å². The van der Waals surface area contributed by atoms with Crippen molar-refractivity contribution in [2.45, 2.75) is 88.7 Å². The Labute approximate surface area is 281 Å². The van der Waals surface area contributed by atoms with Crippen LogP contribution in [-0.4, -0.2) is 61.6 Å². The molecule has 6 rings (SSSR count). The van der Waals surface area contributed by atoms with Crippen LogP contribution in [0, 0.1) is 5.41 Å². The van der Waals surface area contributed by atoms with Gasteiger partial charge in [0.15, 0.2) is 5.17 Å². The van der Waals surface area contributed by atoms with Crippen molar-refractivity contribution >= 4 is 28.0 Å². The van der Waals surface area contributed by atoms with E-state index in [2.05, 4.69) is 57.4 Å². The third kappa shape index (κ3) is 8.71. The number of benzene rings is 2. The number of aromatic amines is 1. The molecule has 4 heterocycles. The molecule has 2 aliphatic rings. The van der Waals surface area contributed by atoms with Gasteiger partial charge in [-0.15, -0.1) is 0 Å². The summed E-state index contributed by atoms with van der Waals surface area (Å²) >= 11 is 1.41. The van der Waals surface area contributed by atoms with Crippen LogP contribution in [0.15, 0.2) is 71.7 Å². The topological polar surface area (TPSA) is 151 Å². The lowest BCUT2D eigenvalue weighted by Gasteiger charge is -2.31. The minimum absolute atomic E-state index is 0.113. The molecule has 10 nitrogen and oxygen atoms in total. The van der Waals surface area contributed by atoms with Gasteiger partial charge in [-0.3, -0.25) is 14.9 Å². The van der Waals surface area contributed by atoms with Gasteiger partial charge in [0.2, 0.25) is 0 Å². The SMILES string of the molecule is C[C@@H](N)CCCN1C[C@H](OCc2ccccc2)CC1c1cc2cn(-c3ccc([C@@H]4CCC[C@@H](CCSC(=N)N)N4)cc3)c(=O)nc2[nH]1. The molecule has 4 aromatic rings. The summed E-state index contributed by atoms with van der Waals surface area (Å²) in [7, 11) is 0. The van der Waals surface area contributed by atoms with Crippen LogP contribution in [0.4, 0.5) is 0 Å². The van der Waals surface area contributed by atoms with Gasteiger partial charge in [-0.2, -0.15) is 4.98 Å². The van der Waals surface area contributed by atoms with E-state index in [9.17, 15) is 4.79 Å². The molecular formula is C36H48N8O2S. The van der Waals surface area contributed by atoms with Crippen molar-refractivity contribution in [2.24, 2.45) is 11.5 Å². The van der Waals surface area contributed by atoms with Crippen LogP contribution in [0.25, 0.3) is 16.7 Å². The maximum atomic E-state index is 13.2. The third-order valence-electron chi connectivity index (χ3n) is 9.47. The number of hydrogen-bond acceptors (Lipinski definition) is 8. The number of ether oxygens (including phenoxy) is 1. The highest BCUT2D eigenvalue weighted by atomic mass is 32.2. The molecule has 0 radical (unpaired) electrons. The Kier molecular flexibility index (Phi) is 11.1. The molecule has 1 unspecified atom stereocenters. The van der Waals surface area contributed by atoms with Crippen molar-refractivity contribution in [3.63, 3.8) is 0 Å². The van der Waals surface area contributed by atoms with E-state index < -0.39 is 0 Å². The molecule has 0 amide bonds. The second-order valence-electron chi connectivity index (χ2n) is 13.1. The van der Waals surface area contributed by atoms with E-state index >= 15 is 0 Å². The summed E-state index contributed by atoms with van der Waals surface area (Å²) in [5.41, 5.74) is 16.1. The zero-order valence-corrected chi connectivity index (χ0v) is 28.1. The highest BCUT2D eigenvalue weighted by Gasteiger charge is 2.34. The predicted octanol–water partition coefficient (Wildman–Crippen LogP) is 5.37. The van der Waals surface area contributed by atoms with E-state index in [0.29, 0.717) is 18.3 Å². The lowest BCUT2D eigenvalue weighted by Crippen LogP contribution is -2.37. The normalized spacial score (nSPS) is 22.5. The number of piperidine rings is 1. The molecule has 2 fully saturated rings. The molecule has 5 atom stereocenters. The van der Waals surface area contributed by atoms with Gasteiger partial charge in [0.05, 0.1) is 24.4 Å². The molecule has 7 N–H and O–H groups in total. The van der Waals surface area contributed by atoms with E-state index in [-0.39, 0.29) is 35.1 Å². The van der Waals surface area contributed by atoms with Crippen molar-refractivity contribution < 1.29 is 4.74 Å². The third-order valence-corrected chi connectivity index (χ3v) is 10.2. The van der Waals surface area contributed by atoms with Crippen molar-refractivity contribution in [3.05, 3.63) is 94.2 Å². The summed E-state index contributed by atoms with van der Waals surface area (Å²) in [5, 5.41) is 12.3. The van der Waals surface area contributed by atoms with E-state index in [4.69, 9.17) is 21.6 Å². The molecule has 47 heavy (non-hydrogen) atoms. The number of nitrogens with zero attached hydrogens (tertiary/aromatic N) is 3. The fourth-order valence-corrected chi connectivity index (χ4v) is 7.65. The van der Waals surface area contributed by atoms with Crippen LogP contribution in [-0.2, 0) is 11.3 Å². The first-order valence-corrected chi connectivity index (χ1v) is 17.9. The number of rotatable bonds is 13. The van der Waals surface area contributed by atoms with E-state index in [0.717, 1.165) is 80.6 Å². The zero-order chi connectivity index (χ0) is 32.8. The van der Waals surface area contributed by atoms with Crippen LogP contribution in [0.5, 0.6) is 0 Å². The van der Waals surface area contributed by atoms with Crippen molar-refractivity contribution in [1.29, 1.82) is 5.41 Å². The molecule has 0 spiro atoms. The number of thioether (sulfide) groups is 1. The molecule has 2 aromatic heterocycles. The highest BCUT2D eigenvalue weighted by Crippen LogP contribution is 2.35. The van der Waals surface area contributed by atoms with Gasteiger partial charge in [-0.1, -0.05) is 60.6 Å². The summed E-state index contributed by atoms with van der Waals surface area (Å²) < 4.78 is 8.03. The molecule has 11 heteroatoms. The fourth-order valence-electron chi connectivity index (χ4n) is 7.03. The van der Waals surface area contributed by atoms with Crippen LogP contribution in [0.3, 0.4) is 0 Å². The Bertz CT molecular complexity index is 1670. The lowest BCUT2D eigenvalue weighted by atomic mass is 9.92. The summed E-state index contributed by atoms with van der Waals surface area (Å²) in [6.45, 7) is 4.44. The average molecular weight is 657 g/mol. The summed E-state index contributed by atoms with van der Waals surface area (Å²) in [5.74, 6) is 0.854. The molecule has 0 aliphatic carbocycles. The van der Waals surface area contributed by atoms with Crippen LogP contribution < -0.4 is 22.5 Å². The van der Waals surface area contributed by atoms with Gasteiger partial charge in [-0.05, 0) is 81.3 Å². The van der Waals surface area contributed by atoms with E-state index in [1.54, 1.807) is 4.57 Å². The first kappa shape index (κ1) is 33.4. The number of fused-ring (bicyclic) bond motifs is 1. The number of aromatic nitrogens is 3. The largest absolute Gasteiger partial charge is 0.379 e. The lowest BCUT2D eigenvalue weighted by molar-refractivity contribution is 0.0465. The fraction of sp³-hybridized carbons (Fsp3) is 0.472. The Morgan fingerprint density at radius 2 is 1.98 bits per heavy atom. The number of amidine groups is 1. The Morgan fingerprint density at radius 3 is 2.74 bits per heavy atom. The first-order chi connectivity index (χ1) is 22.8. The number of nitrogens with two attached hydrogens (primary N) is 2. The maximum absolute atomic E-state index is 13.2. The second-order valence-corrected chi connectivity index (χ2v) is 14.3. The number of H-pyrrole nitrogens is 1. The van der Waals surface area contributed by atoms with Crippen molar-refractivity contribution in [1.82, 2.24) is 24.8 Å². The maximum Gasteiger partial charge on any atom is 0.354 e. The van der Waals surface area contributed by atoms with Crippen molar-refractivity contribution in [2.75, 3.05) is 18.8 Å². The number of nitrogens with one attached hydrogen (secondary N) is 3. The molecule has 2 saturated heterocycles. The molecule has 0 bridgehead atoms. The minimum atomic E-state index is -0.304. The van der Waals surface area contributed by atoms with Crippen molar-refractivity contribution in [3.8, 4) is 5.69 Å². The van der Waals surface area contributed by atoms with Gasteiger partial charge < -0.3 is 26.5 Å². The molecule has 0 saturated carbocycles. The van der Waals surface area contributed by atoms with Crippen LogP contribution in [0.1, 0.15) is 80.8 Å². The average Bonchev–Trinajstić information content (AvgIpc) is 3.67. The second kappa shape index (κ2) is 15.6. The number of likely N-dealkylation sites (tertiary alicyclic amines) is 1. The summed E-state index contributed by atoms with van der Waals surface area (Å²) in [6, 6.07) is 21.7. The minimum Gasteiger partial charge on any atom is -0.379 e. The van der Waals surface area contributed by atoms with Gasteiger partial charge in [0, 0.05) is 47.7 Å². The van der Waals surface area contributed by atoms with Crippen LogP contribution in [0.2, 0.25) is 0 Å². The zero-order valence-electron chi connectivity index (χ0n) is 27.2. The number of hydrogen-bond donors (Lipinski definition) is 5. The molecule has 2 aromatic carbocycles. The molecular weight excluding hydrogens is 609 g/mol. The Balaban J connectivity index is 1.16. The van der Waals surface area contributed by atoms with Gasteiger partial charge >= 0.3 is 5.69 Å². The van der Waals surface area contributed by atoms with E-state index in [1.807, 2.05) is 36.5 Å². The quantitative estimate of drug-likeness (QED) is 0.0952. The monoisotopic (exact) mass is 656 g/mol. The van der Waals surface area contributed by atoms with Gasteiger partial charge in [-0.25, -0.2) is 4.79 Å². The summed E-state index contributed by atoms with van der Waals surface area (Å²) in [4.78, 5) is 23.7. The highest BCUT2D eigenvalue weighted by molar-refractivity contribution is 8.13. The smallest absolute Gasteiger partial charge is 0.354 e. The van der Waals surface area contributed by atoms with Gasteiger partial charge in [0.25, 0.3) is 0 Å².